The van der Waals surface area contributed by atoms with E-state index in [1.54, 1.807) is 0 Å². The van der Waals surface area contributed by atoms with E-state index in [4.69, 9.17) is 9.97 Å². The van der Waals surface area contributed by atoms with E-state index in [1.807, 2.05) is 30.7 Å². The lowest BCUT2D eigenvalue weighted by Crippen LogP contribution is -2.32. The van der Waals surface area contributed by atoms with E-state index in [9.17, 15) is 0 Å². The first-order valence-corrected chi connectivity index (χ1v) is 16.9. The molecule has 0 N–H and O–H groups in total. The topological polar surface area (TPSA) is 59.2 Å². The second-order valence-electron chi connectivity index (χ2n) is 12.7. The normalized spacial score (nSPS) is 16.2. The van der Waals surface area contributed by atoms with E-state index in [0.29, 0.717) is 5.92 Å². The number of benzene rings is 4. The van der Waals surface area contributed by atoms with Gasteiger partial charge in [0.1, 0.15) is 0 Å². The van der Waals surface area contributed by atoms with Crippen molar-refractivity contribution in [1.82, 2.24) is 19.5 Å². The Bertz CT molecular complexity index is 2560. The van der Waals surface area contributed by atoms with Gasteiger partial charge in [0.25, 0.3) is 0 Å². The van der Waals surface area contributed by atoms with Gasteiger partial charge in [-0.2, -0.15) is 0 Å². The first-order valence-electron chi connectivity index (χ1n) is 16.9. The molecule has 2 aliphatic rings. The Morgan fingerprint density at radius 2 is 1.16 bits per heavy atom. The SMILES string of the molecule is C1=CC2c3ccccc3N(c3ccc(-c4cccc(-c5cccc(-c6ccc(-n7c8ccccc8c8ccncc87)cc6)n5)n4)cc3)C2C=N1. The van der Waals surface area contributed by atoms with Gasteiger partial charge in [-0.05, 0) is 72.3 Å². The summed E-state index contributed by atoms with van der Waals surface area (Å²) in [5.74, 6) is 0.306. The molecule has 2 unspecified atom stereocenters. The summed E-state index contributed by atoms with van der Waals surface area (Å²) in [5.41, 5.74) is 12.6. The number of hydrogen-bond acceptors (Lipinski definition) is 5. The van der Waals surface area contributed by atoms with Gasteiger partial charge in [0, 0.05) is 63.5 Å². The Hall–Kier alpha value is -6.66. The largest absolute Gasteiger partial charge is 0.332 e. The van der Waals surface area contributed by atoms with Crippen LogP contribution in [0.2, 0.25) is 0 Å². The third-order valence-electron chi connectivity index (χ3n) is 9.94. The maximum absolute atomic E-state index is 5.07. The molecule has 4 aromatic heterocycles. The molecular formula is C44H30N6. The molecule has 2 aliphatic heterocycles. The molecule has 0 saturated carbocycles. The molecule has 2 atom stereocenters. The van der Waals surface area contributed by atoms with Gasteiger partial charge in [-0.1, -0.05) is 78.9 Å². The van der Waals surface area contributed by atoms with Crippen molar-refractivity contribution in [2.45, 2.75) is 12.0 Å². The molecule has 10 rings (SSSR count). The number of para-hydroxylation sites is 2. The van der Waals surface area contributed by atoms with Crippen molar-refractivity contribution >= 4 is 39.4 Å². The van der Waals surface area contributed by atoms with Crippen LogP contribution in [0.1, 0.15) is 11.5 Å². The summed E-state index contributed by atoms with van der Waals surface area (Å²) in [6.07, 6.45) is 9.97. The van der Waals surface area contributed by atoms with Gasteiger partial charge in [0.15, 0.2) is 0 Å². The number of anilines is 2. The molecule has 0 aliphatic carbocycles. The van der Waals surface area contributed by atoms with Gasteiger partial charge < -0.3 is 9.47 Å². The zero-order chi connectivity index (χ0) is 33.0. The van der Waals surface area contributed by atoms with Crippen LogP contribution in [0.25, 0.3) is 61.4 Å². The first-order chi connectivity index (χ1) is 24.8. The Morgan fingerprint density at radius 1 is 0.520 bits per heavy atom. The third kappa shape index (κ3) is 4.57. The minimum atomic E-state index is 0.171. The van der Waals surface area contributed by atoms with Crippen molar-refractivity contribution in [2.75, 3.05) is 4.90 Å². The Labute approximate surface area is 289 Å². The molecule has 0 amide bonds. The van der Waals surface area contributed by atoms with Crippen LogP contribution in [-0.2, 0) is 0 Å². The highest BCUT2D eigenvalue weighted by atomic mass is 15.2. The smallest absolute Gasteiger partial charge is 0.0893 e. The monoisotopic (exact) mass is 642 g/mol. The van der Waals surface area contributed by atoms with E-state index < -0.39 is 0 Å². The van der Waals surface area contributed by atoms with Gasteiger partial charge in [-0.3, -0.25) is 9.98 Å². The third-order valence-corrected chi connectivity index (χ3v) is 9.94. The summed E-state index contributed by atoms with van der Waals surface area (Å²) in [7, 11) is 0. The fourth-order valence-electron chi connectivity index (χ4n) is 7.61. The fourth-order valence-corrected chi connectivity index (χ4v) is 7.61. The van der Waals surface area contributed by atoms with E-state index in [1.165, 1.54) is 22.0 Å². The fraction of sp³-hybridized carbons (Fsp3) is 0.0455. The average Bonchev–Trinajstić information content (AvgIpc) is 3.71. The number of pyridine rings is 3. The molecule has 6 nitrogen and oxygen atoms in total. The Kier molecular flexibility index (Phi) is 6.52. The van der Waals surface area contributed by atoms with E-state index >= 15 is 0 Å². The van der Waals surface area contributed by atoms with Gasteiger partial charge in [0.05, 0.1) is 46.0 Å². The predicted octanol–water partition coefficient (Wildman–Crippen LogP) is 10.2. The molecule has 6 heteroatoms. The van der Waals surface area contributed by atoms with Crippen molar-refractivity contribution in [1.29, 1.82) is 0 Å². The number of hydrogen-bond donors (Lipinski definition) is 0. The average molecular weight is 643 g/mol. The van der Waals surface area contributed by atoms with Crippen molar-refractivity contribution < 1.29 is 0 Å². The Morgan fingerprint density at radius 3 is 1.92 bits per heavy atom. The standard InChI is InChI=1S/C44H30N6/c1-3-13-41-33(7-1)35-23-25-45-27-43(35)49(41)31-19-15-29(16-20-31)37-9-5-11-39(47-37)40-12-6-10-38(48-40)30-17-21-32(22-18-30)50-42-14-4-2-8-34(42)36-24-26-46-28-44(36)50/h1-28,35,43H. The van der Waals surface area contributed by atoms with Gasteiger partial charge in [-0.25, -0.2) is 9.97 Å². The number of fused-ring (bicyclic) bond motifs is 6. The van der Waals surface area contributed by atoms with Crippen LogP contribution in [0, 0.1) is 0 Å². The maximum atomic E-state index is 5.07. The van der Waals surface area contributed by atoms with Crippen molar-refractivity contribution in [3.05, 3.63) is 170 Å². The Balaban J connectivity index is 0.936. The predicted molar refractivity (Wildman–Crippen MR) is 203 cm³/mol. The highest BCUT2D eigenvalue weighted by Gasteiger charge is 2.37. The molecule has 6 heterocycles. The molecule has 236 valence electrons. The van der Waals surface area contributed by atoms with Crippen molar-refractivity contribution in [3.8, 4) is 39.6 Å². The van der Waals surface area contributed by atoms with Crippen LogP contribution < -0.4 is 4.90 Å². The summed E-state index contributed by atoms with van der Waals surface area (Å²) >= 11 is 0. The van der Waals surface area contributed by atoms with Crippen LogP contribution in [-0.4, -0.2) is 31.8 Å². The van der Waals surface area contributed by atoms with Gasteiger partial charge >= 0.3 is 0 Å². The highest BCUT2D eigenvalue weighted by molar-refractivity contribution is 6.08. The lowest BCUT2D eigenvalue weighted by atomic mass is 9.94. The summed E-state index contributed by atoms with van der Waals surface area (Å²) in [5, 5.41) is 2.42. The van der Waals surface area contributed by atoms with Crippen LogP contribution in [0.4, 0.5) is 11.4 Å². The minimum absolute atomic E-state index is 0.171. The number of rotatable bonds is 5. The summed E-state index contributed by atoms with van der Waals surface area (Å²) in [6, 6.07) is 49.0. The molecule has 0 radical (unpaired) electrons. The van der Waals surface area contributed by atoms with Crippen molar-refractivity contribution in [2.24, 2.45) is 4.99 Å². The van der Waals surface area contributed by atoms with Gasteiger partial charge in [-0.15, -0.1) is 0 Å². The second kappa shape index (κ2) is 11.5. The van der Waals surface area contributed by atoms with Crippen molar-refractivity contribution in [3.63, 3.8) is 0 Å². The van der Waals surface area contributed by atoms with Crippen LogP contribution >= 0.6 is 0 Å². The van der Waals surface area contributed by atoms with Crippen LogP contribution in [0.15, 0.2) is 169 Å². The summed E-state index contributed by atoms with van der Waals surface area (Å²) < 4.78 is 2.27. The second-order valence-corrected chi connectivity index (χ2v) is 12.7. The van der Waals surface area contributed by atoms with E-state index in [2.05, 4.69) is 159 Å². The quantitative estimate of drug-likeness (QED) is 0.187. The molecule has 0 bridgehead atoms. The lowest BCUT2D eigenvalue weighted by molar-refractivity contribution is 0.787. The summed E-state index contributed by atoms with van der Waals surface area (Å²) in [6.45, 7) is 0. The summed E-state index contributed by atoms with van der Waals surface area (Å²) in [4.78, 5) is 21.4. The molecule has 8 aromatic rings. The molecule has 0 spiro atoms. The number of aliphatic imine (C=N–C) groups is 1. The zero-order valence-electron chi connectivity index (χ0n) is 27.0. The highest BCUT2D eigenvalue weighted by Crippen LogP contribution is 2.46. The number of nitrogens with zero attached hydrogens (tertiary/aromatic N) is 6. The van der Waals surface area contributed by atoms with Gasteiger partial charge in [0.2, 0.25) is 0 Å². The first kappa shape index (κ1) is 28.4. The maximum Gasteiger partial charge on any atom is 0.0893 e. The molecule has 4 aromatic carbocycles. The van der Waals surface area contributed by atoms with E-state index in [-0.39, 0.29) is 6.04 Å². The zero-order valence-corrected chi connectivity index (χ0v) is 27.0. The lowest BCUT2D eigenvalue weighted by Gasteiger charge is -2.28. The van der Waals surface area contributed by atoms with E-state index in [0.717, 1.165) is 56.3 Å². The molecule has 50 heavy (non-hydrogen) atoms. The van der Waals surface area contributed by atoms with Crippen LogP contribution in [0.3, 0.4) is 0 Å². The molecule has 0 fully saturated rings. The molecule has 0 saturated heterocycles. The van der Waals surface area contributed by atoms with Crippen LogP contribution in [0.5, 0.6) is 0 Å². The minimum Gasteiger partial charge on any atom is -0.332 e. The molecular weight excluding hydrogens is 613 g/mol. The number of aromatic nitrogens is 4.